The second-order valence-corrected chi connectivity index (χ2v) is 6.60. The van der Waals surface area contributed by atoms with Crippen molar-refractivity contribution >= 4 is 17.4 Å². The van der Waals surface area contributed by atoms with Gasteiger partial charge >= 0.3 is 0 Å². The highest BCUT2D eigenvalue weighted by Crippen LogP contribution is 2.44. The fourth-order valence-corrected chi connectivity index (χ4v) is 3.11. The minimum absolute atomic E-state index is 0.00305. The molecule has 1 aliphatic carbocycles. The van der Waals surface area contributed by atoms with Crippen molar-refractivity contribution in [2.45, 2.75) is 32.1 Å². The number of anilines is 1. The number of hydrogen-bond donors (Lipinski definition) is 1. The molecule has 1 aliphatic rings. The maximum Gasteiger partial charge on any atom is 0.224 e. The largest absolute Gasteiger partial charge is 0.497 e. The molecular formula is C21H23NO3. The number of nitrogens with one attached hydrogen (secondary N) is 1. The lowest BCUT2D eigenvalue weighted by atomic mass is 9.90. The molecule has 0 saturated heterocycles. The normalized spacial score (nSPS) is 14.6. The van der Waals surface area contributed by atoms with Crippen LogP contribution in [0.15, 0.2) is 48.5 Å². The second kappa shape index (κ2) is 7.51. The van der Waals surface area contributed by atoms with Gasteiger partial charge < -0.3 is 10.1 Å². The van der Waals surface area contributed by atoms with Crippen molar-refractivity contribution in [3.63, 3.8) is 0 Å². The van der Waals surface area contributed by atoms with Crippen molar-refractivity contribution in [1.82, 2.24) is 0 Å². The topological polar surface area (TPSA) is 55.4 Å². The number of ether oxygens (including phenoxy) is 1. The first-order valence-electron chi connectivity index (χ1n) is 8.61. The van der Waals surface area contributed by atoms with Crippen LogP contribution in [0.1, 0.15) is 48.0 Å². The summed E-state index contributed by atoms with van der Waals surface area (Å²) in [5.74, 6) is 1.67. The Bertz CT molecular complexity index is 746. The molecule has 0 aliphatic heterocycles. The molecule has 130 valence electrons. The Morgan fingerprint density at radius 1 is 1.08 bits per heavy atom. The van der Waals surface area contributed by atoms with Gasteiger partial charge in [0.05, 0.1) is 7.11 Å². The summed E-state index contributed by atoms with van der Waals surface area (Å²) in [6.45, 7) is 1.53. The van der Waals surface area contributed by atoms with Gasteiger partial charge in [0, 0.05) is 17.7 Å². The number of carbonyl (C=O) groups excluding carboxylic acids is 2. The van der Waals surface area contributed by atoms with E-state index < -0.39 is 0 Å². The monoisotopic (exact) mass is 337 g/mol. The van der Waals surface area contributed by atoms with Gasteiger partial charge in [-0.05, 0) is 73.6 Å². The number of carbonyl (C=O) groups is 2. The molecule has 0 spiro atoms. The number of hydrogen-bond acceptors (Lipinski definition) is 3. The van der Waals surface area contributed by atoms with Crippen LogP contribution in [0.5, 0.6) is 5.75 Å². The molecule has 1 amide bonds. The van der Waals surface area contributed by atoms with Gasteiger partial charge in [0.1, 0.15) is 5.75 Å². The third kappa shape index (κ3) is 4.47. The number of rotatable bonds is 7. The van der Waals surface area contributed by atoms with E-state index >= 15 is 0 Å². The molecule has 2 aromatic rings. The molecule has 25 heavy (non-hydrogen) atoms. The molecule has 4 heteroatoms. The van der Waals surface area contributed by atoms with Crippen LogP contribution in [0.3, 0.4) is 0 Å². The number of benzene rings is 2. The first-order chi connectivity index (χ1) is 12.1. The van der Waals surface area contributed by atoms with Crippen LogP contribution in [-0.4, -0.2) is 18.8 Å². The Labute approximate surface area is 148 Å². The Balaban J connectivity index is 1.65. The minimum atomic E-state index is 0.00305. The Hall–Kier alpha value is -2.62. The molecular weight excluding hydrogens is 314 g/mol. The predicted octanol–water partition coefficient (Wildman–Crippen LogP) is 4.42. The predicted molar refractivity (Wildman–Crippen MR) is 98.2 cm³/mol. The fourth-order valence-electron chi connectivity index (χ4n) is 3.11. The zero-order chi connectivity index (χ0) is 17.8. The van der Waals surface area contributed by atoms with Crippen molar-refractivity contribution in [2.24, 2.45) is 5.92 Å². The lowest BCUT2D eigenvalue weighted by Gasteiger charge is -2.17. The molecule has 1 unspecified atom stereocenters. The van der Waals surface area contributed by atoms with E-state index in [0.717, 1.165) is 11.4 Å². The number of methoxy groups -OCH3 is 1. The summed E-state index contributed by atoms with van der Waals surface area (Å²) >= 11 is 0. The van der Waals surface area contributed by atoms with Gasteiger partial charge in [0.25, 0.3) is 0 Å². The van der Waals surface area contributed by atoms with Crippen molar-refractivity contribution in [3.8, 4) is 5.75 Å². The highest BCUT2D eigenvalue weighted by Gasteiger charge is 2.33. The average Bonchev–Trinajstić information content (AvgIpc) is 3.45. The lowest BCUT2D eigenvalue weighted by Crippen LogP contribution is -2.17. The van der Waals surface area contributed by atoms with E-state index in [1.807, 2.05) is 12.1 Å². The Kier molecular flexibility index (Phi) is 5.17. The van der Waals surface area contributed by atoms with Crippen molar-refractivity contribution in [2.75, 3.05) is 12.4 Å². The van der Waals surface area contributed by atoms with E-state index in [1.54, 1.807) is 31.4 Å². The smallest absolute Gasteiger partial charge is 0.224 e. The van der Waals surface area contributed by atoms with Gasteiger partial charge in [-0.3, -0.25) is 9.59 Å². The van der Waals surface area contributed by atoms with E-state index in [2.05, 4.69) is 17.4 Å². The molecule has 0 bridgehead atoms. The van der Waals surface area contributed by atoms with Crippen LogP contribution in [0.2, 0.25) is 0 Å². The third-order valence-corrected chi connectivity index (χ3v) is 4.72. The maximum absolute atomic E-state index is 12.5. The highest BCUT2D eigenvalue weighted by molar-refractivity contribution is 5.95. The number of amides is 1. The molecule has 1 saturated carbocycles. The van der Waals surface area contributed by atoms with Crippen LogP contribution in [0.4, 0.5) is 5.69 Å². The Morgan fingerprint density at radius 3 is 2.24 bits per heavy atom. The van der Waals surface area contributed by atoms with Crippen LogP contribution in [0.25, 0.3) is 0 Å². The zero-order valence-corrected chi connectivity index (χ0v) is 14.6. The highest BCUT2D eigenvalue weighted by atomic mass is 16.5. The van der Waals surface area contributed by atoms with Crippen molar-refractivity contribution in [1.29, 1.82) is 0 Å². The molecule has 4 nitrogen and oxygen atoms in total. The SMILES string of the molecule is COc1ccc(C(CC(=O)Nc2ccc(C(C)=O)cc2)C2CC2)cc1. The number of Topliss-reactive ketones (excluding diaryl/α,β-unsaturated/α-hetero) is 1. The summed E-state index contributed by atoms with van der Waals surface area (Å²) < 4.78 is 5.21. The molecule has 0 heterocycles. The summed E-state index contributed by atoms with van der Waals surface area (Å²) in [7, 11) is 1.65. The fraction of sp³-hybridized carbons (Fsp3) is 0.333. The Morgan fingerprint density at radius 2 is 1.72 bits per heavy atom. The molecule has 2 aromatic carbocycles. The minimum Gasteiger partial charge on any atom is -0.497 e. The van der Waals surface area contributed by atoms with E-state index in [0.29, 0.717) is 17.9 Å². The molecule has 3 rings (SSSR count). The van der Waals surface area contributed by atoms with Crippen LogP contribution >= 0.6 is 0 Å². The van der Waals surface area contributed by atoms with Gasteiger partial charge in [-0.15, -0.1) is 0 Å². The maximum atomic E-state index is 12.5. The molecule has 1 N–H and O–H groups in total. The van der Waals surface area contributed by atoms with Gasteiger partial charge in [-0.1, -0.05) is 12.1 Å². The third-order valence-electron chi connectivity index (χ3n) is 4.72. The van der Waals surface area contributed by atoms with Gasteiger partial charge in [-0.25, -0.2) is 0 Å². The summed E-state index contributed by atoms with van der Waals surface area (Å²) in [5, 5.41) is 2.94. The van der Waals surface area contributed by atoms with Crippen LogP contribution < -0.4 is 10.1 Å². The summed E-state index contributed by atoms with van der Waals surface area (Å²) in [4.78, 5) is 23.8. The molecule has 0 aromatic heterocycles. The van der Waals surface area contributed by atoms with Gasteiger partial charge in [0.15, 0.2) is 5.78 Å². The van der Waals surface area contributed by atoms with Gasteiger partial charge in [-0.2, -0.15) is 0 Å². The zero-order valence-electron chi connectivity index (χ0n) is 14.6. The second-order valence-electron chi connectivity index (χ2n) is 6.60. The van der Waals surface area contributed by atoms with Crippen molar-refractivity contribution in [3.05, 3.63) is 59.7 Å². The van der Waals surface area contributed by atoms with Crippen LogP contribution in [-0.2, 0) is 4.79 Å². The standard InChI is InChI=1S/C21H23NO3/c1-14(23)15-5-9-18(10-6-15)22-21(24)13-20(16-3-4-16)17-7-11-19(25-2)12-8-17/h5-12,16,20H,3-4,13H2,1-2H3,(H,22,24). The lowest BCUT2D eigenvalue weighted by molar-refractivity contribution is -0.116. The molecule has 1 fully saturated rings. The van der Waals surface area contributed by atoms with Crippen molar-refractivity contribution < 1.29 is 14.3 Å². The molecule has 1 atom stereocenters. The summed E-state index contributed by atoms with van der Waals surface area (Å²) in [6.07, 6.45) is 2.82. The number of ketones is 1. The quantitative estimate of drug-likeness (QED) is 0.761. The molecule has 0 radical (unpaired) electrons. The van der Waals surface area contributed by atoms with Gasteiger partial charge in [0.2, 0.25) is 5.91 Å². The van der Waals surface area contributed by atoms with Crippen LogP contribution in [0, 0.1) is 5.92 Å². The average molecular weight is 337 g/mol. The van der Waals surface area contributed by atoms with E-state index in [-0.39, 0.29) is 17.6 Å². The van der Waals surface area contributed by atoms with E-state index in [1.165, 1.54) is 25.3 Å². The first-order valence-corrected chi connectivity index (χ1v) is 8.61. The summed E-state index contributed by atoms with van der Waals surface area (Å²) in [6, 6.07) is 15.0. The van der Waals surface area contributed by atoms with E-state index in [9.17, 15) is 9.59 Å². The first kappa shape index (κ1) is 17.2. The summed E-state index contributed by atoms with van der Waals surface area (Å²) in [5.41, 5.74) is 2.55. The van der Waals surface area contributed by atoms with E-state index in [4.69, 9.17) is 4.74 Å².